The predicted octanol–water partition coefficient (Wildman–Crippen LogP) is 5.33. The van der Waals surface area contributed by atoms with Crippen LogP contribution in [-0.4, -0.2) is 70.1 Å². The van der Waals surface area contributed by atoms with Crippen molar-refractivity contribution in [3.63, 3.8) is 0 Å². The fraction of sp³-hybridized carbons (Fsp3) is 0.438. The molecule has 1 N–H and O–H groups in total. The molecule has 3 aromatic rings. The number of hydrogen-bond donors (Lipinski definition) is 1. The number of pyridine rings is 1. The van der Waals surface area contributed by atoms with Gasteiger partial charge in [-0.3, -0.25) is 9.69 Å². The number of amides is 2. The molecule has 2 aromatic carbocycles. The van der Waals surface area contributed by atoms with E-state index in [9.17, 15) is 18.4 Å². The minimum atomic E-state index is -0.716. The van der Waals surface area contributed by atoms with Crippen LogP contribution in [0.5, 0.6) is 0 Å². The van der Waals surface area contributed by atoms with E-state index in [1.807, 2.05) is 47.4 Å². The standard InChI is InChI=1S/C32H36F2N4O3/c1-22-29(26-19-25(33)10-11-27(26)34)38(17-18-41-22)31(40)36-15-16-37(32(21-36)13-5-6-14-32)20-24-9-12-28(35-30(24)39)23-7-3-2-4-8-23/h2-4,7-12,19,22,29H,5-6,13-18,20-21H2,1H3,(H,35,39)/t22-,29+/m1/s1. The number of aromatic nitrogens is 1. The Balaban J connectivity index is 1.22. The van der Waals surface area contributed by atoms with E-state index in [4.69, 9.17) is 4.74 Å². The number of benzene rings is 2. The van der Waals surface area contributed by atoms with Crippen LogP contribution in [0.3, 0.4) is 0 Å². The van der Waals surface area contributed by atoms with Gasteiger partial charge in [0.1, 0.15) is 11.6 Å². The Hall–Kier alpha value is -3.56. The number of aromatic amines is 1. The summed E-state index contributed by atoms with van der Waals surface area (Å²) < 4.78 is 34.8. The van der Waals surface area contributed by atoms with Gasteiger partial charge in [0, 0.05) is 55.1 Å². The summed E-state index contributed by atoms with van der Waals surface area (Å²) in [6.45, 7) is 4.61. The molecule has 1 saturated carbocycles. The summed E-state index contributed by atoms with van der Waals surface area (Å²) in [7, 11) is 0. The molecular weight excluding hydrogens is 526 g/mol. The third-order valence-electron chi connectivity index (χ3n) is 9.05. The molecule has 2 aliphatic heterocycles. The van der Waals surface area contributed by atoms with E-state index in [-0.39, 0.29) is 22.7 Å². The van der Waals surface area contributed by atoms with Gasteiger partial charge in [-0.05, 0) is 49.6 Å². The van der Waals surface area contributed by atoms with Crippen molar-refractivity contribution in [2.45, 2.75) is 56.8 Å². The number of carbonyl (C=O) groups excluding carboxylic acids is 1. The molecule has 0 unspecified atom stereocenters. The Morgan fingerprint density at radius 3 is 2.56 bits per heavy atom. The number of morpholine rings is 1. The fourth-order valence-corrected chi connectivity index (χ4v) is 6.93. The van der Waals surface area contributed by atoms with Crippen LogP contribution in [0.2, 0.25) is 0 Å². The molecule has 2 atom stereocenters. The van der Waals surface area contributed by atoms with Gasteiger partial charge in [0.25, 0.3) is 5.56 Å². The quantitative estimate of drug-likeness (QED) is 0.467. The number of hydrogen-bond acceptors (Lipinski definition) is 4. The van der Waals surface area contributed by atoms with E-state index in [0.717, 1.165) is 49.1 Å². The van der Waals surface area contributed by atoms with Crippen molar-refractivity contribution in [1.82, 2.24) is 19.7 Å². The smallest absolute Gasteiger partial charge is 0.320 e. The minimum absolute atomic E-state index is 0.0970. The summed E-state index contributed by atoms with van der Waals surface area (Å²) >= 11 is 0. The lowest BCUT2D eigenvalue weighted by molar-refractivity contribution is -0.0594. The van der Waals surface area contributed by atoms with E-state index in [1.54, 1.807) is 11.8 Å². The van der Waals surface area contributed by atoms with Gasteiger partial charge in [0.2, 0.25) is 0 Å². The highest BCUT2D eigenvalue weighted by Crippen LogP contribution is 2.40. The Bertz CT molecular complexity index is 1460. The molecule has 7 nitrogen and oxygen atoms in total. The summed E-state index contributed by atoms with van der Waals surface area (Å²) in [6, 6.07) is 16.1. The molecule has 0 bridgehead atoms. The van der Waals surface area contributed by atoms with Crippen LogP contribution in [0.1, 0.15) is 49.8 Å². The number of urea groups is 1. The fourth-order valence-electron chi connectivity index (χ4n) is 6.93. The van der Waals surface area contributed by atoms with Gasteiger partial charge in [-0.1, -0.05) is 49.2 Å². The largest absolute Gasteiger partial charge is 0.374 e. The number of nitrogens with zero attached hydrogens (tertiary/aromatic N) is 3. The summed E-state index contributed by atoms with van der Waals surface area (Å²) in [5.74, 6) is -1.09. The third-order valence-corrected chi connectivity index (χ3v) is 9.05. The van der Waals surface area contributed by atoms with E-state index in [2.05, 4.69) is 9.88 Å². The number of carbonyl (C=O) groups is 1. The van der Waals surface area contributed by atoms with Crippen LogP contribution >= 0.6 is 0 Å². The third kappa shape index (κ3) is 5.40. The number of rotatable bonds is 4. The molecule has 3 heterocycles. The average Bonchev–Trinajstić information content (AvgIpc) is 3.45. The second kappa shape index (κ2) is 11.4. The summed E-state index contributed by atoms with van der Waals surface area (Å²) in [4.78, 5) is 36.1. The lowest BCUT2D eigenvalue weighted by Gasteiger charge is -2.51. The van der Waals surface area contributed by atoms with Crippen LogP contribution < -0.4 is 5.56 Å². The molecule has 3 aliphatic rings. The number of piperazine rings is 1. The number of ether oxygens (including phenoxy) is 1. The SMILES string of the molecule is C[C@H]1OCCN(C(=O)N2CCN(Cc3ccc(-c4ccccc4)[nH]c3=O)C3(CCCC3)C2)[C@@H]1c1cc(F)ccc1F. The molecule has 6 rings (SSSR count). The molecule has 2 amide bonds. The maximum Gasteiger partial charge on any atom is 0.320 e. The van der Waals surface area contributed by atoms with Gasteiger partial charge in [-0.2, -0.15) is 0 Å². The molecule has 216 valence electrons. The van der Waals surface area contributed by atoms with Gasteiger partial charge in [-0.15, -0.1) is 0 Å². The van der Waals surface area contributed by atoms with Crippen molar-refractivity contribution in [3.05, 3.63) is 93.8 Å². The molecule has 2 saturated heterocycles. The molecular formula is C32H36F2N4O3. The Morgan fingerprint density at radius 2 is 1.80 bits per heavy atom. The molecule has 1 spiro atoms. The van der Waals surface area contributed by atoms with Crippen LogP contribution in [0.4, 0.5) is 13.6 Å². The van der Waals surface area contributed by atoms with Crippen LogP contribution in [0.15, 0.2) is 65.5 Å². The van der Waals surface area contributed by atoms with Crippen molar-refractivity contribution in [3.8, 4) is 11.3 Å². The zero-order valence-corrected chi connectivity index (χ0v) is 23.3. The van der Waals surface area contributed by atoms with Crippen LogP contribution in [-0.2, 0) is 11.3 Å². The van der Waals surface area contributed by atoms with Gasteiger partial charge in [-0.25, -0.2) is 13.6 Å². The lowest BCUT2D eigenvalue weighted by Crippen LogP contribution is -2.64. The van der Waals surface area contributed by atoms with Crippen molar-refractivity contribution < 1.29 is 18.3 Å². The first-order valence-electron chi connectivity index (χ1n) is 14.5. The molecule has 41 heavy (non-hydrogen) atoms. The molecule has 1 aromatic heterocycles. The van der Waals surface area contributed by atoms with E-state index in [0.29, 0.717) is 44.9 Å². The number of H-pyrrole nitrogens is 1. The van der Waals surface area contributed by atoms with E-state index >= 15 is 0 Å². The Morgan fingerprint density at radius 1 is 1.02 bits per heavy atom. The topological polar surface area (TPSA) is 68.9 Å². The molecule has 1 aliphatic carbocycles. The Labute approximate surface area is 238 Å². The second-order valence-electron chi connectivity index (χ2n) is 11.5. The average molecular weight is 563 g/mol. The molecule has 0 radical (unpaired) electrons. The summed E-state index contributed by atoms with van der Waals surface area (Å²) in [6.07, 6.45) is 3.54. The zero-order valence-electron chi connectivity index (χ0n) is 23.3. The van der Waals surface area contributed by atoms with Gasteiger partial charge < -0.3 is 19.5 Å². The highest BCUT2D eigenvalue weighted by molar-refractivity contribution is 5.75. The van der Waals surface area contributed by atoms with Crippen molar-refractivity contribution in [2.75, 3.05) is 32.8 Å². The normalized spacial score (nSPS) is 22.8. The van der Waals surface area contributed by atoms with Gasteiger partial charge >= 0.3 is 6.03 Å². The van der Waals surface area contributed by atoms with Crippen molar-refractivity contribution in [1.29, 1.82) is 0 Å². The maximum absolute atomic E-state index is 14.9. The first kappa shape index (κ1) is 27.6. The maximum atomic E-state index is 14.9. The van der Waals surface area contributed by atoms with E-state index in [1.165, 1.54) is 6.07 Å². The van der Waals surface area contributed by atoms with Crippen LogP contribution in [0.25, 0.3) is 11.3 Å². The zero-order chi connectivity index (χ0) is 28.6. The monoisotopic (exact) mass is 562 g/mol. The lowest BCUT2D eigenvalue weighted by atomic mass is 9.91. The first-order chi connectivity index (χ1) is 19.8. The van der Waals surface area contributed by atoms with Crippen molar-refractivity contribution >= 4 is 6.03 Å². The highest BCUT2D eigenvalue weighted by Gasteiger charge is 2.47. The summed E-state index contributed by atoms with van der Waals surface area (Å²) in [5.41, 5.74) is 2.27. The van der Waals surface area contributed by atoms with Crippen LogP contribution in [0, 0.1) is 11.6 Å². The Kier molecular flexibility index (Phi) is 7.66. The molecule has 3 fully saturated rings. The van der Waals surface area contributed by atoms with Crippen molar-refractivity contribution in [2.24, 2.45) is 0 Å². The first-order valence-corrected chi connectivity index (χ1v) is 14.5. The van der Waals surface area contributed by atoms with E-state index < -0.39 is 23.8 Å². The highest BCUT2D eigenvalue weighted by atomic mass is 19.1. The molecule has 9 heteroatoms. The van der Waals surface area contributed by atoms with Gasteiger partial charge in [0.05, 0.1) is 18.8 Å². The minimum Gasteiger partial charge on any atom is -0.374 e. The number of nitrogens with one attached hydrogen (secondary N) is 1. The summed E-state index contributed by atoms with van der Waals surface area (Å²) in [5, 5.41) is 0. The second-order valence-corrected chi connectivity index (χ2v) is 11.5. The predicted molar refractivity (Wildman–Crippen MR) is 152 cm³/mol. The van der Waals surface area contributed by atoms with Gasteiger partial charge in [0.15, 0.2) is 0 Å². The number of halogens is 2.